The molecule has 10 heteroatoms. The second-order valence-corrected chi connectivity index (χ2v) is 12.7. The zero-order valence-corrected chi connectivity index (χ0v) is 24.8. The van der Waals surface area contributed by atoms with Crippen molar-refractivity contribution in [1.82, 2.24) is 14.9 Å². The van der Waals surface area contributed by atoms with Crippen molar-refractivity contribution in [3.8, 4) is 0 Å². The van der Waals surface area contributed by atoms with Gasteiger partial charge in [0.1, 0.15) is 6.61 Å². The van der Waals surface area contributed by atoms with Crippen LogP contribution < -0.4 is 10.6 Å². The number of benzene rings is 2. The number of aliphatic hydroxyl groups is 1. The number of aliphatic hydroxyl groups excluding tert-OH is 1. The molecular weight excluding hydrogens is 542 g/mol. The normalized spacial score (nSPS) is 19.1. The summed E-state index contributed by atoms with van der Waals surface area (Å²) in [5, 5.41) is 17.4. The van der Waals surface area contributed by atoms with Crippen molar-refractivity contribution in [2.75, 3.05) is 12.8 Å². The number of amides is 1. The standard InChI is InChI=1S/C31H39N3O6S/c1-20-28(30(36)33-26(17-23-11-7-5-8-12-23)27(35)18-32-25-15-16-25)21(2)34(41(4,38)39)22(3)29(20)31(37)40-19-24-13-9-6-10-14-24/h5-14,20,25-27,32,35H,15-19H2,1-4H3,(H,33,36)/t20?,26-,27+/m0/s1. The van der Waals surface area contributed by atoms with Gasteiger partial charge in [0.2, 0.25) is 15.9 Å². The molecule has 0 aromatic heterocycles. The van der Waals surface area contributed by atoms with Gasteiger partial charge >= 0.3 is 5.97 Å². The average Bonchev–Trinajstić information content (AvgIpc) is 3.75. The largest absolute Gasteiger partial charge is 0.457 e. The predicted molar refractivity (Wildman–Crippen MR) is 157 cm³/mol. The van der Waals surface area contributed by atoms with Crippen LogP contribution in [0.3, 0.4) is 0 Å². The number of hydrogen-bond acceptors (Lipinski definition) is 7. The SMILES string of the molecule is CC1=C(C(=O)N[C@@H](Cc2ccccc2)[C@H](O)CNC2CC2)C(C)C(C(=O)OCc2ccccc2)=C(C)N1S(C)(=O)=O. The van der Waals surface area contributed by atoms with Gasteiger partial charge in [-0.05, 0) is 44.2 Å². The Labute approximate surface area is 242 Å². The van der Waals surface area contributed by atoms with Gasteiger partial charge in [0.15, 0.2) is 0 Å². The van der Waals surface area contributed by atoms with Gasteiger partial charge < -0.3 is 20.5 Å². The van der Waals surface area contributed by atoms with Crippen LogP contribution in [0.1, 0.15) is 44.7 Å². The molecule has 220 valence electrons. The lowest BCUT2D eigenvalue weighted by atomic mass is 9.86. The Hall–Kier alpha value is -3.47. The molecule has 1 amide bonds. The van der Waals surface area contributed by atoms with E-state index in [9.17, 15) is 23.1 Å². The first-order chi connectivity index (χ1) is 19.5. The summed E-state index contributed by atoms with van der Waals surface area (Å²) in [6, 6.07) is 18.4. The highest BCUT2D eigenvalue weighted by atomic mass is 32.2. The fourth-order valence-electron chi connectivity index (χ4n) is 5.34. The molecule has 1 aliphatic heterocycles. The molecule has 1 aliphatic carbocycles. The molecule has 2 aromatic carbocycles. The number of ether oxygens (including phenoxy) is 1. The number of esters is 1. The molecule has 3 atom stereocenters. The van der Waals surface area contributed by atoms with Crippen LogP contribution in [0.15, 0.2) is 83.2 Å². The zero-order valence-electron chi connectivity index (χ0n) is 24.0. The van der Waals surface area contributed by atoms with E-state index in [1.807, 2.05) is 60.7 Å². The van der Waals surface area contributed by atoms with Crippen LogP contribution >= 0.6 is 0 Å². The van der Waals surface area contributed by atoms with E-state index in [0.717, 1.165) is 34.5 Å². The third kappa shape index (κ3) is 7.63. The minimum atomic E-state index is -3.88. The lowest BCUT2D eigenvalue weighted by Gasteiger charge is -2.36. The highest BCUT2D eigenvalue weighted by molar-refractivity contribution is 7.88. The van der Waals surface area contributed by atoms with Crippen LogP contribution in [-0.2, 0) is 37.4 Å². The summed E-state index contributed by atoms with van der Waals surface area (Å²) in [5.41, 5.74) is 2.35. The molecular formula is C31H39N3O6S. The van der Waals surface area contributed by atoms with E-state index in [0.29, 0.717) is 19.0 Å². The zero-order chi connectivity index (χ0) is 29.7. The quantitative estimate of drug-likeness (QED) is 0.329. The van der Waals surface area contributed by atoms with Gasteiger partial charge in [-0.25, -0.2) is 17.5 Å². The number of nitrogens with one attached hydrogen (secondary N) is 2. The highest BCUT2D eigenvalue weighted by Gasteiger charge is 2.40. The Kier molecular flexibility index (Phi) is 9.68. The maximum Gasteiger partial charge on any atom is 0.336 e. The third-order valence-electron chi connectivity index (χ3n) is 7.54. The van der Waals surface area contributed by atoms with Crippen molar-refractivity contribution in [1.29, 1.82) is 0 Å². The van der Waals surface area contributed by atoms with Gasteiger partial charge in [0.05, 0.1) is 24.0 Å². The fraction of sp³-hybridized carbons (Fsp3) is 0.419. The van der Waals surface area contributed by atoms with E-state index in [1.165, 1.54) is 0 Å². The van der Waals surface area contributed by atoms with E-state index in [4.69, 9.17) is 4.74 Å². The molecule has 3 N–H and O–H groups in total. The van der Waals surface area contributed by atoms with Crippen LogP contribution in [0, 0.1) is 5.92 Å². The second kappa shape index (κ2) is 13.0. The number of carbonyl (C=O) groups excluding carboxylic acids is 2. The van der Waals surface area contributed by atoms with Gasteiger partial charge in [-0.1, -0.05) is 67.6 Å². The molecule has 0 bridgehead atoms. The van der Waals surface area contributed by atoms with Crippen molar-refractivity contribution in [3.63, 3.8) is 0 Å². The molecule has 1 fully saturated rings. The van der Waals surface area contributed by atoms with E-state index >= 15 is 0 Å². The number of carbonyl (C=O) groups is 2. The molecule has 2 aliphatic rings. The monoisotopic (exact) mass is 581 g/mol. The van der Waals surface area contributed by atoms with Gasteiger partial charge in [-0.15, -0.1) is 0 Å². The van der Waals surface area contributed by atoms with Crippen LogP contribution in [-0.4, -0.2) is 60.7 Å². The average molecular weight is 582 g/mol. The number of rotatable bonds is 12. The minimum Gasteiger partial charge on any atom is -0.457 e. The van der Waals surface area contributed by atoms with E-state index in [1.54, 1.807) is 20.8 Å². The number of nitrogens with zero attached hydrogens (tertiary/aromatic N) is 1. The van der Waals surface area contributed by atoms with E-state index < -0.39 is 40.0 Å². The maximum atomic E-state index is 13.9. The molecule has 41 heavy (non-hydrogen) atoms. The van der Waals surface area contributed by atoms with Crippen LogP contribution in [0.2, 0.25) is 0 Å². The summed E-state index contributed by atoms with van der Waals surface area (Å²) in [7, 11) is -3.88. The molecule has 1 unspecified atom stereocenters. The third-order valence-corrected chi connectivity index (χ3v) is 8.75. The minimum absolute atomic E-state index is 0.00557. The summed E-state index contributed by atoms with van der Waals surface area (Å²) in [5.74, 6) is -1.99. The first-order valence-electron chi connectivity index (χ1n) is 13.9. The van der Waals surface area contributed by atoms with Gasteiger partial charge in [0.25, 0.3) is 0 Å². The molecule has 1 heterocycles. The molecule has 9 nitrogen and oxygen atoms in total. The summed E-state index contributed by atoms with van der Waals surface area (Å²) in [6.07, 6.45) is 2.63. The van der Waals surface area contributed by atoms with Crippen molar-refractivity contribution in [3.05, 3.63) is 94.3 Å². The first kappa shape index (κ1) is 30.5. The predicted octanol–water partition coefficient (Wildman–Crippen LogP) is 3.03. The van der Waals surface area contributed by atoms with E-state index in [-0.39, 0.29) is 29.1 Å². The topological polar surface area (TPSA) is 125 Å². The summed E-state index contributed by atoms with van der Waals surface area (Å²) >= 11 is 0. The Morgan fingerprint density at radius 2 is 1.54 bits per heavy atom. The van der Waals surface area contributed by atoms with Gasteiger partial charge in [-0.3, -0.25) is 4.79 Å². The lowest BCUT2D eigenvalue weighted by molar-refractivity contribution is -0.141. The number of allylic oxidation sites excluding steroid dienone is 2. The number of sulfonamides is 1. The fourth-order valence-corrected chi connectivity index (χ4v) is 6.53. The van der Waals surface area contributed by atoms with Crippen molar-refractivity contribution >= 4 is 21.9 Å². The van der Waals surface area contributed by atoms with Crippen molar-refractivity contribution < 1.29 is 27.9 Å². The van der Waals surface area contributed by atoms with Crippen LogP contribution in [0.25, 0.3) is 0 Å². The Morgan fingerprint density at radius 1 is 0.976 bits per heavy atom. The smallest absolute Gasteiger partial charge is 0.336 e. The molecule has 4 rings (SSSR count). The van der Waals surface area contributed by atoms with Crippen molar-refractivity contribution in [2.45, 2.75) is 64.8 Å². The first-order valence-corrected chi connectivity index (χ1v) is 15.7. The molecule has 1 saturated carbocycles. The molecule has 0 saturated heterocycles. The second-order valence-electron chi connectivity index (χ2n) is 10.8. The Bertz CT molecular complexity index is 1420. The van der Waals surface area contributed by atoms with Gasteiger partial charge in [0, 0.05) is 35.5 Å². The highest BCUT2D eigenvalue weighted by Crippen LogP contribution is 2.37. The molecule has 2 aromatic rings. The summed E-state index contributed by atoms with van der Waals surface area (Å²) < 4.78 is 32.4. The van der Waals surface area contributed by atoms with Crippen molar-refractivity contribution in [2.24, 2.45) is 5.92 Å². The number of hydrogen-bond donors (Lipinski definition) is 3. The lowest BCUT2D eigenvalue weighted by Crippen LogP contribution is -2.50. The Morgan fingerprint density at radius 3 is 2.10 bits per heavy atom. The molecule has 0 radical (unpaired) electrons. The van der Waals surface area contributed by atoms with E-state index in [2.05, 4.69) is 10.6 Å². The summed E-state index contributed by atoms with van der Waals surface area (Å²) in [4.78, 5) is 27.3. The van der Waals surface area contributed by atoms with Gasteiger partial charge in [-0.2, -0.15) is 0 Å². The summed E-state index contributed by atoms with van der Waals surface area (Å²) in [6.45, 7) is 5.10. The van der Waals surface area contributed by atoms with Crippen LogP contribution in [0.4, 0.5) is 0 Å². The Balaban J connectivity index is 1.61. The maximum absolute atomic E-state index is 13.9. The molecule has 0 spiro atoms. The van der Waals surface area contributed by atoms with Crippen LogP contribution in [0.5, 0.6) is 0 Å².